The number of carbonyl (C=O) groups excluding carboxylic acids is 1. The summed E-state index contributed by atoms with van der Waals surface area (Å²) in [6.07, 6.45) is 0. The summed E-state index contributed by atoms with van der Waals surface area (Å²) in [6, 6.07) is 19.3. The summed E-state index contributed by atoms with van der Waals surface area (Å²) in [5.41, 5.74) is 2.53. The first-order chi connectivity index (χ1) is 14.1. The molecule has 0 aliphatic carbocycles. The van der Waals surface area contributed by atoms with Gasteiger partial charge in [-0.15, -0.1) is 0 Å². The standard InChI is InChI=1S/C23H25ClN4O/c1-27-11-13-28(14-12-27)16-21(17-5-3-2-4-6-17)26-23(29)19-7-9-20-18(15-19)8-10-22(24)25-20/h2-10,15,21H,11-14,16H2,1H3,(H,26,29). The molecule has 1 aliphatic heterocycles. The Hall–Kier alpha value is -2.47. The molecule has 0 bridgehead atoms. The predicted octanol–water partition coefficient (Wildman–Crippen LogP) is 3.61. The number of halogens is 1. The fraction of sp³-hybridized carbons (Fsp3) is 0.304. The van der Waals surface area contributed by atoms with Crippen molar-refractivity contribution in [2.45, 2.75) is 6.04 Å². The molecular formula is C23H25ClN4O. The summed E-state index contributed by atoms with van der Waals surface area (Å²) in [6.45, 7) is 4.93. The highest BCUT2D eigenvalue weighted by Crippen LogP contribution is 2.20. The van der Waals surface area contributed by atoms with Gasteiger partial charge in [0.25, 0.3) is 5.91 Å². The van der Waals surface area contributed by atoms with Crippen LogP contribution < -0.4 is 5.32 Å². The van der Waals surface area contributed by atoms with E-state index in [2.05, 4.69) is 39.3 Å². The second-order valence-electron chi connectivity index (χ2n) is 7.58. The molecule has 1 atom stereocenters. The summed E-state index contributed by atoms with van der Waals surface area (Å²) in [7, 11) is 2.15. The number of nitrogens with one attached hydrogen (secondary N) is 1. The fourth-order valence-corrected chi connectivity index (χ4v) is 3.85. The van der Waals surface area contributed by atoms with Crippen molar-refractivity contribution in [3.05, 3.63) is 76.9 Å². The second kappa shape index (κ2) is 8.91. The van der Waals surface area contributed by atoms with Crippen LogP contribution in [-0.2, 0) is 0 Å². The Bertz CT molecular complexity index is 987. The summed E-state index contributed by atoms with van der Waals surface area (Å²) in [4.78, 5) is 22.1. The summed E-state index contributed by atoms with van der Waals surface area (Å²) < 4.78 is 0. The third-order valence-electron chi connectivity index (χ3n) is 5.46. The van der Waals surface area contributed by atoms with Crippen molar-refractivity contribution in [1.29, 1.82) is 0 Å². The number of aromatic nitrogens is 1. The van der Waals surface area contributed by atoms with E-state index in [1.807, 2.05) is 36.4 Å². The minimum Gasteiger partial charge on any atom is -0.344 e. The molecule has 1 saturated heterocycles. The van der Waals surface area contributed by atoms with Crippen molar-refractivity contribution in [3.63, 3.8) is 0 Å². The summed E-state index contributed by atoms with van der Waals surface area (Å²) in [5, 5.41) is 4.59. The molecule has 29 heavy (non-hydrogen) atoms. The molecule has 3 aromatic rings. The van der Waals surface area contributed by atoms with E-state index in [0.717, 1.165) is 49.2 Å². The number of likely N-dealkylation sites (N-methyl/N-ethyl adjacent to an activating group) is 1. The molecular weight excluding hydrogens is 384 g/mol. The smallest absolute Gasteiger partial charge is 0.251 e. The molecule has 6 heteroatoms. The molecule has 0 spiro atoms. The SMILES string of the molecule is CN1CCN(CC(NC(=O)c2ccc3nc(Cl)ccc3c2)c2ccccc2)CC1. The van der Waals surface area contributed by atoms with Gasteiger partial charge in [0.15, 0.2) is 0 Å². The van der Waals surface area contributed by atoms with Crippen LogP contribution in [-0.4, -0.2) is 60.5 Å². The van der Waals surface area contributed by atoms with Crippen LogP contribution in [0.15, 0.2) is 60.7 Å². The molecule has 150 valence electrons. The predicted molar refractivity (Wildman–Crippen MR) is 117 cm³/mol. The van der Waals surface area contributed by atoms with Gasteiger partial charge in [-0.05, 0) is 42.9 Å². The maximum Gasteiger partial charge on any atom is 0.251 e. The van der Waals surface area contributed by atoms with Gasteiger partial charge in [-0.2, -0.15) is 0 Å². The Morgan fingerprint density at radius 3 is 2.59 bits per heavy atom. The topological polar surface area (TPSA) is 48.5 Å². The van der Waals surface area contributed by atoms with Crippen LogP contribution >= 0.6 is 11.6 Å². The van der Waals surface area contributed by atoms with Crippen molar-refractivity contribution < 1.29 is 4.79 Å². The number of hydrogen-bond acceptors (Lipinski definition) is 4. The highest BCUT2D eigenvalue weighted by Gasteiger charge is 2.21. The Morgan fingerprint density at radius 1 is 1.07 bits per heavy atom. The second-order valence-corrected chi connectivity index (χ2v) is 7.97. The molecule has 2 heterocycles. The number of hydrogen-bond donors (Lipinski definition) is 1. The number of carbonyl (C=O) groups is 1. The molecule has 4 rings (SSSR count). The Balaban J connectivity index is 1.53. The zero-order valence-corrected chi connectivity index (χ0v) is 17.3. The first-order valence-corrected chi connectivity index (χ1v) is 10.3. The molecule has 1 aliphatic rings. The quantitative estimate of drug-likeness (QED) is 0.655. The molecule has 2 aromatic carbocycles. The zero-order chi connectivity index (χ0) is 20.2. The molecule has 1 fully saturated rings. The lowest BCUT2D eigenvalue weighted by molar-refractivity contribution is 0.0907. The van der Waals surface area contributed by atoms with Gasteiger partial charge in [-0.1, -0.05) is 41.9 Å². The van der Waals surface area contributed by atoms with Gasteiger partial charge in [-0.25, -0.2) is 4.98 Å². The van der Waals surface area contributed by atoms with Crippen LogP contribution in [0.5, 0.6) is 0 Å². The van der Waals surface area contributed by atoms with E-state index >= 15 is 0 Å². The maximum absolute atomic E-state index is 13.0. The first kappa shape index (κ1) is 19.8. The fourth-order valence-electron chi connectivity index (χ4n) is 3.69. The van der Waals surface area contributed by atoms with Crippen molar-refractivity contribution in [2.24, 2.45) is 0 Å². The van der Waals surface area contributed by atoms with Gasteiger partial charge in [0.05, 0.1) is 11.6 Å². The van der Waals surface area contributed by atoms with Crippen molar-refractivity contribution in [2.75, 3.05) is 39.8 Å². The van der Waals surface area contributed by atoms with Gasteiger partial charge < -0.3 is 10.2 Å². The van der Waals surface area contributed by atoms with Crippen LogP contribution in [0.2, 0.25) is 5.15 Å². The van der Waals surface area contributed by atoms with E-state index < -0.39 is 0 Å². The Morgan fingerprint density at radius 2 is 1.83 bits per heavy atom. The lowest BCUT2D eigenvalue weighted by atomic mass is 10.0. The Labute approximate surface area is 176 Å². The van der Waals surface area contributed by atoms with Crippen molar-refractivity contribution >= 4 is 28.4 Å². The zero-order valence-electron chi connectivity index (χ0n) is 16.5. The first-order valence-electron chi connectivity index (χ1n) is 9.91. The van der Waals surface area contributed by atoms with E-state index in [9.17, 15) is 4.79 Å². The number of amides is 1. The number of rotatable bonds is 5. The van der Waals surface area contributed by atoms with Crippen LogP contribution in [0, 0.1) is 0 Å². The monoisotopic (exact) mass is 408 g/mol. The average Bonchev–Trinajstić information content (AvgIpc) is 2.75. The molecule has 1 unspecified atom stereocenters. The van der Waals surface area contributed by atoms with E-state index in [1.165, 1.54) is 0 Å². The van der Waals surface area contributed by atoms with E-state index in [1.54, 1.807) is 12.1 Å². The number of piperazine rings is 1. The number of fused-ring (bicyclic) bond motifs is 1. The van der Waals surface area contributed by atoms with Crippen molar-refractivity contribution in [1.82, 2.24) is 20.1 Å². The van der Waals surface area contributed by atoms with Gasteiger partial charge in [-0.3, -0.25) is 9.69 Å². The summed E-state index contributed by atoms with van der Waals surface area (Å²) >= 11 is 5.96. The van der Waals surface area contributed by atoms with Crippen LogP contribution in [0.3, 0.4) is 0 Å². The van der Waals surface area contributed by atoms with Gasteiger partial charge >= 0.3 is 0 Å². The Kier molecular flexibility index (Phi) is 6.09. The van der Waals surface area contributed by atoms with Crippen LogP contribution in [0.25, 0.3) is 10.9 Å². The van der Waals surface area contributed by atoms with Crippen LogP contribution in [0.4, 0.5) is 0 Å². The lowest BCUT2D eigenvalue weighted by Crippen LogP contribution is -2.47. The van der Waals surface area contributed by atoms with Crippen LogP contribution in [0.1, 0.15) is 22.0 Å². The third kappa shape index (κ3) is 4.93. The van der Waals surface area contributed by atoms with Gasteiger partial charge in [0, 0.05) is 43.7 Å². The number of benzene rings is 2. The minimum atomic E-state index is -0.0789. The molecule has 0 saturated carbocycles. The average molecular weight is 409 g/mol. The molecule has 0 radical (unpaired) electrons. The number of pyridine rings is 1. The molecule has 1 amide bonds. The summed E-state index contributed by atoms with van der Waals surface area (Å²) in [5.74, 6) is -0.0789. The number of nitrogens with zero attached hydrogens (tertiary/aromatic N) is 3. The highest BCUT2D eigenvalue weighted by atomic mass is 35.5. The molecule has 5 nitrogen and oxygen atoms in total. The largest absolute Gasteiger partial charge is 0.344 e. The van der Waals surface area contributed by atoms with Crippen molar-refractivity contribution in [3.8, 4) is 0 Å². The molecule has 1 N–H and O–H groups in total. The normalized spacial score (nSPS) is 16.6. The lowest BCUT2D eigenvalue weighted by Gasteiger charge is -2.35. The highest BCUT2D eigenvalue weighted by molar-refractivity contribution is 6.29. The third-order valence-corrected chi connectivity index (χ3v) is 5.67. The van der Waals surface area contributed by atoms with Gasteiger partial charge in [0.1, 0.15) is 5.15 Å². The minimum absolute atomic E-state index is 0.0638. The molecule has 1 aromatic heterocycles. The van der Waals surface area contributed by atoms with E-state index in [4.69, 9.17) is 11.6 Å². The maximum atomic E-state index is 13.0. The van der Waals surface area contributed by atoms with E-state index in [0.29, 0.717) is 10.7 Å². The van der Waals surface area contributed by atoms with Gasteiger partial charge in [0.2, 0.25) is 0 Å². The van der Waals surface area contributed by atoms with E-state index in [-0.39, 0.29) is 11.9 Å².